The summed E-state index contributed by atoms with van der Waals surface area (Å²) in [5.41, 5.74) is 0. The monoisotopic (exact) mass is 131 g/mol. The zero-order valence-electron chi connectivity index (χ0n) is 5.63. The van der Waals surface area contributed by atoms with Gasteiger partial charge in [0.15, 0.2) is 0 Å². The van der Waals surface area contributed by atoms with Crippen molar-refractivity contribution in [1.29, 1.82) is 0 Å². The number of carboxylic acids is 1. The summed E-state index contributed by atoms with van der Waals surface area (Å²) >= 11 is 0. The van der Waals surface area contributed by atoms with Crippen LogP contribution in [0.25, 0.3) is 0 Å². The largest absolute Gasteiger partial charge is 0.481 e. The van der Waals surface area contributed by atoms with Crippen molar-refractivity contribution in [2.75, 3.05) is 0 Å². The Balaban J connectivity index is 0.000000640. The maximum Gasteiger partial charge on any atom is 0.306 e. The van der Waals surface area contributed by atoms with Crippen LogP contribution in [0.2, 0.25) is 0 Å². The smallest absolute Gasteiger partial charge is 0.306 e. The van der Waals surface area contributed by atoms with Gasteiger partial charge in [-0.1, -0.05) is 6.92 Å². The van der Waals surface area contributed by atoms with Gasteiger partial charge in [-0.25, -0.2) is 0 Å². The van der Waals surface area contributed by atoms with E-state index in [0.29, 0.717) is 5.92 Å². The van der Waals surface area contributed by atoms with Crippen molar-refractivity contribution < 1.29 is 9.90 Å². The molecule has 1 atom stereocenters. The Hall–Kier alpha value is -0.570. The Morgan fingerprint density at radius 2 is 2.11 bits per heavy atom. The topological polar surface area (TPSA) is 72.3 Å². The highest BCUT2D eigenvalue weighted by molar-refractivity contribution is 5.70. The molecule has 0 amide bonds. The van der Waals surface area contributed by atoms with E-state index in [-0.39, 0.29) is 12.1 Å². The lowest BCUT2D eigenvalue weighted by Crippen LogP contribution is -2.10. The first-order chi connectivity index (χ1) is 3.72. The molecule has 0 heterocycles. The molecule has 1 aliphatic rings. The molecule has 0 radical (unpaired) electrons. The Kier molecular flexibility index (Phi) is 2.65. The van der Waals surface area contributed by atoms with Crippen molar-refractivity contribution in [2.24, 2.45) is 11.8 Å². The van der Waals surface area contributed by atoms with Crippen molar-refractivity contribution in [1.82, 2.24) is 6.15 Å². The van der Waals surface area contributed by atoms with Crippen LogP contribution in [0.5, 0.6) is 0 Å². The van der Waals surface area contributed by atoms with Crippen LogP contribution in [0.1, 0.15) is 19.8 Å². The van der Waals surface area contributed by atoms with Crippen LogP contribution in [-0.2, 0) is 4.79 Å². The lowest BCUT2D eigenvalue weighted by atomic mass is 10.1. The minimum Gasteiger partial charge on any atom is -0.481 e. The van der Waals surface area contributed by atoms with Crippen molar-refractivity contribution in [3.05, 3.63) is 0 Å². The third-order valence-electron chi connectivity index (χ3n) is 1.72. The van der Waals surface area contributed by atoms with E-state index < -0.39 is 5.97 Å². The SMILES string of the molecule is CC(C(=O)O)C1CC1.N. The normalized spacial score (nSPS) is 20.1. The zero-order valence-corrected chi connectivity index (χ0v) is 5.63. The number of rotatable bonds is 2. The van der Waals surface area contributed by atoms with Gasteiger partial charge in [-0.3, -0.25) is 4.79 Å². The van der Waals surface area contributed by atoms with Gasteiger partial charge in [0.1, 0.15) is 0 Å². The fourth-order valence-corrected chi connectivity index (χ4v) is 0.798. The molecule has 1 rings (SSSR count). The summed E-state index contributed by atoms with van der Waals surface area (Å²) in [4.78, 5) is 10.2. The van der Waals surface area contributed by atoms with Gasteiger partial charge in [0.25, 0.3) is 0 Å². The number of hydrogen-bond donors (Lipinski definition) is 2. The molecule has 0 aromatic carbocycles. The van der Waals surface area contributed by atoms with E-state index in [2.05, 4.69) is 0 Å². The summed E-state index contributed by atoms with van der Waals surface area (Å²) in [5.74, 6) is -0.255. The average molecular weight is 131 g/mol. The average Bonchev–Trinajstić information content (AvgIpc) is 2.43. The highest BCUT2D eigenvalue weighted by Gasteiger charge is 2.32. The summed E-state index contributed by atoms with van der Waals surface area (Å²) in [6.45, 7) is 1.78. The van der Waals surface area contributed by atoms with E-state index in [9.17, 15) is 4.79 Å². The second-order valence-corrected chi connectivity index (χ2v) is 2.46. The van der Waals surface area contributed by atoms with Crippen molar-refractivity contribution in [3.8, 4) is 0 Å². The summed E-state index contributed by atoms with van der Waals surface area (Å²) in [6.07, 6.45) is 2.24. The van der Waals surface area contributed by atoms with Gasteiger partial charge >= 0.3 is 5.97 Å². The highest BCUT2D eigenvalue weighted by Crippen LogP contribution is 2.36. The summed E-state index contributed by atoms with van der Waals surface area (Å²) in [7, 11) is 0. The van der Waals surface area contributed by atoms with Crippen LogP contribution in [-0.4, -0.2) is 11.1 Å². The van der Waals surface area contributed by atoms with Crippen LogP contribution in [0.15, 0.2) is 0 Å². The molecule has 0 aromatic rings. The number of aliphatic carboxylic acids is 1. The van der Waals surface area contributed by atoms with Gasteiger partial charge in [-0.15, -0.1) is 0 Å². The number of hydrogen-bond acceptors (Lipinski definition) is 2. The van der Waals surface area contributed by atoms with Crippen molar-refractivity contribution in [2.45, 2.75) is 19.8 Å². The van der Waals surface area contributed by atoms with Gasteiger partial charge in [-0.05, 0) is 18.8 Å². The maximum absolute atomic E-state index is 10.2. The van der Waals surface area contributed by atoms with E-state index in [4.69, 9.17) is 5.11 Å². The molecule has 3 nitrogen and oxygen atoms in total. The van der Waals surface area contributed by atoms with Gasteiger partial charge in [0, 0.05) is 0 Å². The minimum atomic E-state index is -0.646. The third kappa shape index (κ3) is 2.01. The molecule has 0 spiro atoms. The molecule has 1 saturated carbocycles. The molecule has 3 heteroatoms. The fourth-order valence-electron chi connectivity index (χ4n) is 0.798. The molecule has 9 heavy (non-hydrogen) atoms. The molecule has 0 aliphatic heterocycles. The Bertz CT molecular complexity index is 110. The standard InChI is InChI=1S/C6H10O2.H3N/c1-4(6(7)8)5-2-3-5;/h4-5H,2-3H2,1H3,(H,7,8);1H3. The Labute approximate surface area is 54.6 Å². The molecular formula is C6H13NO2. The molecule has 1 fully saturated rings. The van der Waals surface area contributed by atoms with E-state index in [0.717, 1.165) is 12.8 Å². The van der Waals surface area contributed by atoms with E-state index >= 15 is 0 Å². The van der Waals surface area contributed by atoms with Crippen molar-refractivity contribution >= 4 is 5.97 Å². The second-order valence-electron chi connectivity index (χ2n) is 2.46. The van der Waals surface area contributed by atoms with Crippen molar-refractivity contribution in [3.63, 3.8) is 0 Å². The molecule has 1 aliphatic carbocycles. The second kappa shape index (κ2) is 2.82. The number of carboxylic acid groups (broad SMARTS) is 1. The first-order valence-corrected chi connectivity index (χ1v) is 2.94. The van der Waals surface area contributed by atoms with Crippen LogP contribution in [0, 0.1) is 11.8 Å². The van der Waals surface area contributed by atoms with Gasteiger partial charge in [0.05, 0.1) is 5.92 Å². The molecule has 1 unspecified atom stereocenters. The predicted octanol–water partition coefficient (Wildman–Crippen LogP) is 1.28. The Morgan fingerprint density at radius 3 is 2.22 bits per heavy atom. The van der Waals surface area contributed by atoms with Crippen LogP contribution in [0.4, 0.5) is 0 Å². The summed E-state index contributed by atoms with van der Waals surface area (Å²) < 4.78 is 0. The molecule has 0 saturated heterocycles. The maximum atomic E-state index is 10.2. The Morgan fingerprint density at radius 1 is 1.67 bits per heavy atom. The van der Waals surface area contributed by atoms with Crippen LogP contribution >= 0.6 is 0 Å². The first kappa shape index (κ1) is 8.43. The van der Waals surface area contributed by atoms with Gasteiger partial charge in [0.2, 0.25) is 0 Å². The van der Waals surface area contributed by atoms with E-state index in [1.807, 2.05) is 0 Å². The predicted molar refractivity (Wildman–Crippen MR) is 34.5 cm³/mol. The van der Waals surface area contributed by atoms with Gasteiger partial charge < -0.3 is 11.3 Å². The summed E-state index contributed by atoms with van der Waals surface area (Å²) in [6, 6.07) is 0. The molecule has 54 valence electrons. The highest BCUT2D eigenvalue weighted by atomic mass is 16.4. The van der Waals surface area contributed by atoms with E-state index in [1.54, 1.807) is 6.92 Å². The lowest BCUT2D eigenvalue weighted by molar-refractivity contribution is -0.141. The fraction of sp³-hybridized carbons (Fsp3) is 0.833. The van der Waals surface area contributed by atoms with Crippen LogP contribution in [0.3, 0.4) is 0 Å². The molecule has 0 bridgehead atoms. The minimum absolute atomic E-state index is 0. The first-order valence-electron chi connectivity index (χ1n) is 2.94. The molecular weight excluding hydrogens is 118 g/mol. The lowest BCUT2D eigenvalue weighted by Gasteiger charge is -1.99. The quantitative estimate of drug-likeness (QED) is 0.592. The summed E-state index contributed by atoms with van der Waals surface area (Å²) in [5, 5.41) is 8.39. The molecule has 4 N–H and O–H groups in total. The number of carbonyl (C=O) groups is 1. The van der Waals surface area contributed by atoms with Crippen LogP contribution < -0.4 is 6.15 Å². The van der Waals surface area contributed by atoms with Gasteiger partial charge in [-0.2, -0.15) is 0 Å². The zero-order chi connectivity index (χ0) is 6.15. The molecule has 0 aromatic heterocycles. The third-order valence-corrected chi connectivity index (χ3v) is 1.72. The van der Waals surface area contributed by atoms with E-state index in [1.165, 1.54) is 0 Å².